The van der Waals surface area contributed by atoms with Gasteiger partial charge < -0.3 is 0 Å². The summed E-state index contributed by atoms with van der Waals surface area (Å²) in [6, 6.07) is 21.0. The quantitative estimate of drug-likeness (QED) is 0.402. The Bertz CT molecular complexity index is 758. The van der Waals surface area contributed by atoms with Crippen LogP contribution >= 0.6 is 43.5 Å². The zero-order chi connectivity index (χ0) is 14.8. The van der Waals surface area contributed by atoms with Crippen LogP contribution in [0.1, 0.15) is 16.5 Å². The van der Waals surface area contributed by atoms with Gasteiger partial charge in [-0.3, -0.25) is 0 Å². The highest BCUT2D eigenvalue weighted by molar-refractivity contribution is 9.11. The van der Waals surface area contributed by atoms with Gasteiger partial charge in [0.05, 0.1) is 5.38 Å². The Morgan fingerprint density at radius 3 is 2.29 bits per heavy atom. The molecule has 0 N–H and O–H groups in total. The van der Waals surface area contributed by atoms with Crippen molar-refractivity contribution < 1.29 is 0 Å². The van der Waals surface area contributed by atoms with Crippen LogP contribution in [0.25, 0.3) is 10.8 Å². The Kier molecular flexibility index (Phi) is 4.68. The lowest BCUT2D eigenvalue weighted by Crippen LogP contribution is -1.97. The SMILES string of the molecule is ClC(Cc1cccc2ccccc12)c1cc(Br)cc(Br)c1. The predicted octanol–water partition coefficient (Wildman–Crippen LogP) is 6.89. The molecule has 0 aliphatic heterocycles. The molecule has 1 atom stereocenters. The number of halogens is 3. The van der Waals surface area contributed by atoms with E-state index in [1.807, 2.05) is 6.07 Å². The molecule has 0 heterocycles. The Morgan fingerprint density at radius 2 is 1.52 bits per heavy atom. The predicted molar refractivity (Wildman–Crippen MR) is 98.1 cm³/mol. The lowest BCUT2D eigenvalue weighted by Gasteiger charge is -2.13. The van der Waals surface area contributed by atoms with E-state index in [2.05, 4.69) is 86.5 Å². The summed E-state index contributed by atoms with van der Waals surface area (Å²) in [5.41, 5.74) is 2.40. The fourth-order valence-corrected chi connectivity index (χ4v) is 4.16. The molecule has 21 heavy (non-hydrogen) atoms. The van der Waals surface area contributed by atoms with E-state index >= 15 is 0 Å². The van der Waals surface area contributed by atoms with Crippen LogP contribution < -0.4 is 0 Å². The molecule has 3 rings (SSSR count). The van der Waals surface area contributed by atoms with Gasteiger partial charge in [-0.2, -0.15) is 0 Å². The second kappa shape index (κ2) is 6.51. The molecule has 1 unspecified atom stereocenters. The summed E-state index contributed by atoms with van der Waals surface area (Å²) in [7, 11) is 0. The maximum Gasteiger partial charge on any atom is 0.0626 e. The molecule has 0 bridgehead atoms. The van der Waals surface area contributed by atoms with Gasteiger partial charge in [-0.25, -0.2) is 0 Å². The summed E-state index contributed by atoms with van der Waals surface area (Å²) in [6.45, 7) is 0. The van der Waals surface area contributed by atoms with Crippen molar-refractivity contribution in [2.45, 2.75) is 11.8 Å². The van der Waals surface area contributed by atoms with E-state index in [4.69, 9.17) is 11.6 Å². The minimum Gasteiger partial charge on any atom is -0.117 e. The summed E-state index contributed by atoms with van der Waals surface area (Å²) in [5.74, 6) is 0. The Labute approximate surface area is 146 Å². The zero-order valence-electron chi connectivity index (χ0n) is 11.2. The van der Waals surface area contributed by atoms with E-state index < -0.39 is 0 Å². The Balaban J connectivity index is 1.94. The summed E-state index contributed by atoms with van der Waals surface area (Å²) in [6.07, 6.45) is 0.811. The molecule has 3 aromatic carbocycles. The van der Waals surface area contributed by atoms with Crippen LogP contribution in [0.2, 0.25) is 0 Å². The monoisotopic (exact) mass is 422 g/mol. The van der Waals surface area contributed by atoms with E-state index in [1.165, 1.54) is 16.3 Å². The van der Waals surface area contributed by atoms with Crippen LogP contribution in [-0.2, 0) is 6.42 Å². The summed E-state index contributed by atoms with van der Waals surface area (Å²) in [4.78, 5) is 0. The zero-order valence-corrected chi connectivity index (χ0v) is 15.1. The third kappa shape index (κ3) is 3.50. The van der Waals surface area contributed by atoms with Gasteiger partial charge in [-0.15, -0.1) is 11.6 Å². The fourth-order valence-electron chi connectivity index (χ4n) is 2.54. The first-order chi connectivity index (χ1) is 10.1. The summed E-state index contributed by atoms with van der Waals surface area (Å²) < 4.78 is 2.07. The van der Waals surface area contributed by atoms with Gasteiger partial charge in [0, 0.05) is 8.95 Å². The number of fused-ring (bicyclic) bond motifs is 1. The Hall–Kier alpha value is -0.830. The van der Waals surface area contributed by atoms with Crippen LogP contribution in [0, 0.1) is 0 Å². The van der Waals surface area contributed by atoms with Crippen molar-refractivity contribution >= 4 is 54.2 Å². The second-order valence-electron chi connectivity index (χ2n) is 5.01. The first-order valence-corrected chi connectivity index (χ1v) is 8.72. The maximum atomic E-state index is 6.64. The fraction of sp³-hybridized carbons (Fsp3) is 0.111. The van der Waals surface area contributed by atoms with Gasteiger partial charge in [-0.1, -0.05) is 74.3 Å². The van der Waals surface area contributed by atoms with Crippen LogP contribution in [-0.4, -0.2) is 0 Å². The average molecular weight is 425 g/mol. The van der Waals surface area contributed by atoms with Crippen molar-refractivity contribution in [1.29, 1.82) is 0 Å². The molecule has 0 spiro atoms. The molecule has 0 saturated heterocycles. The molecule has 0 aliphatic carbocycles. The highest BCUT2D eigenvalue weighted by Gasteiger charge is 2.12. The molecule has 0 nitrogen and oxygen atoms in total. The van der Waals surface area contributed by atoms with Crippen molar-refractivity contribution in [3.05, 3.63) is 80.7 Å². The first-order valence-electron chi connectivity index (χ1n) is 6.70. The van der Waals surface area contributed by atoms with Gasteiger partial charge >= 0.3 is 0 Å². The number of hydrogen-bond acceptors (Lipinski definition) is 0. The molecule has 0 aliphatic rings. The summed E-state index contributed by atoms with van der Waals surface area (Å²) >= 11 is 13.7. The number of benzene rings is 3. The van der Waals surface area contributed by atoms with Crippen molar-refractivity contribution in [3.8, 4) is 0 Å². The lowest BCUT2D eigenvalue weighted by molar-refractivity contribution is 0.925. The third-order valence-corrected chi connectivity index (χ3v) is 4.85. The molecule has 0 amide bonds. The number of rotatable bonds is 3. The van der Waals surface area contributed by atoms with Crippen LogP contribution in [0.5, 0.6) is 0 Å². The van der Waals surface area contributed by atoms with Crippen LogP contribution in [0.15, 0.2) is 69.6 Å². The molecule has 3 heteroatoms. The van der Waals surface area contributed by atoms with Crippen molar-refractivity contribution in [2.24, 2.45) is 0 Å². The minimum atomic E-state index is -0.0513. The van der Waals surface area contributed by atoms with E-state index in [0.29, 0.717) is 0 Å². The average Bonchev–Trinajstić information content (AvgIpc) is 2.46. The third-order valence-electron chi connectivity index (χ3n) is 3.53. The smallest absolute Gasteiger partial charge is 0.0626 e. The maximum absolute atomic E-state index is 6.64. The normalized spacial score (nSPS) is 12.5. The van der Waals surface area contributed by atoms with Gasteiger partial charge in [0.1, 0.15) is 0 Å². The van der Waals surface area contributed by atoms with Gasteiger partial charge in [0.15, 0.2) is 0 Å². The standard InChI is InChI=1S/C18H13Br2Cl/c19-15-8-14(9-16(20)11-15)18(21)10-13-6-3-5-12-4-1-2-7-17(12)13/h1-9,11,18H,10H2. The highest BCUT2D eigenvalue weighted by atomic mass is 79.9. The molecule has 0 saturated carbocycles. The van der Waals surface area contributed by atoms with Crippen molar-refractivity contribution in [3.63, 3.8) is 0 Å². The summed E-state index contributed by atoms with van der Waals surface area (Å²) in [5, 5.41) is 2.48. The first kappa shape index (κ1) is 15.1. The minimum absolute atomic E-state index is 0.0513. The molecular formula is C18H13Br2Cl. The van der Waals surface area contributed by atoms with E-state index in [9.17, 15) is 0 Å². The second-order valence-corrected chi connectivity index (χ2v) is 7.37. The van der Waals surface area contributed by atoms with Crippen molar-refractivity contribution in [2.75, 3.05) is 0 Å². The van der Waals surface area contributed by atoms with Crippen LogP contribution in [0.3, 0.4) is 0 Å². The number of alkyl halides is 1. The molecule has 3 aromatic rings. The largest absolute Gasteiger partial charge is 0.117 e. The highest BCUT2D eigenvalue weighted by Crippen LogP contribution is 2.32. The molecule has 106 valence electrons. The van der Waals surface area contributed by atoms with E-state index in [0.717, 1.165) is 20.9 Å². The van der Waals surface area contributed by atoms with Crippen molar-refractivity contribution in [1.82, 2.24) is 0 Å². The Morgan fingerprint density at radius 1 is 0.857 bits per heavy atom. The van der Waals surface area contributed by atoms with Gasteiger partial charge in [0.25, 0.3) is 0 Å². The topological polar surface area (TPSA) is 0 Å². The van der Waals surface area contributed by atoms with Crippen LogP contribution in [0.4, 0.5) is 0 Å². The van der Waals surface area contributed by atoms with Gasteiger partial charge in [-0.05, 0) is 46.5 Å². The van der Waals surface area contributed by atoms with Gasteiger partial charge in [0.2, 0.25) is 0 Å². The molecular weight excluding hydrogens is 411 g/mol. The van der Waals surface area contributed by atoms with E-state index in [-0.39, 0.29) is 5.38 Å². The number of hydrogen-bond donors (Lipinski definition) is 0. The van der Waals surface area contributed by atoms with E-state index in [1.54, 1.807) is 0 Å². The lowest BCUT2D eigenvalue weighted by atomic mass is 9.98. The molecule has 0 fully saturated rings. The molecule has 0 aromatic heterocycles. The molecule has 0 radical (unpaired) electrons.